The van der Waals surface area contributed by atoms with Gasteiger partial charge in [-0.2, -0.15) is 0 Å². The van der Waals surface area contributed by atoms with Crippen LogP contribution in [0.3, 0.4) is 0 Å². The summed E-state index contributed by atoms with van der Waals surface area (Å²) in [6.45, 7) is 4.48. The van der Waals surface area contributed by atoms with Gasteiger partial charge in [-0.15, -0.1) is 0 Å². The van der Waals surface area contributed by atoms with Crippen molar-refractivity contribution in [1.29, 1.82) is 0 Å². The zero-order valence-corrected chi connectivity index (χ0v) is 10.1. The van der Waals surface area contributed by atoms with Crippen molar-refractivity contribution in [1.82, 2.24) is 5.32 Å². The SMILES string of the molecule is CC1COC(C)(C2CCCCS2(=O)=O)N1. The summed E-state index contributed by atoms with van der Waals surface area (Å²) in [5, 5.41) is 2.88. The summed E-state index contributed by atoms with van der Waals surface area (Å²) in [6.07, 6.45) is 2.50. The van der Waals surface area contributed by atoms with Crippen molar-refractivity contribution in [2.24, 2.45) is 0 Å². The lowest BCUT2D eigenvalue weighted by Gasteiger charge is -2.35. The molecule has 2 saturated heterocycles. The lowest BCUT2D eigenvalue weighted by molar-refractivity contribution is -0.000160. The summed E-state index contributed by atoms with van der Waals surface area (Å²) in [5.41, 5.74) is -0.668. The minimum absolute atomic E-state index is 0.243. The molecule has 15 heavy (non-hydrogen) atoms. The Morgan fingerprint density at radius 3 is 2.67 bits per heavy atom. The molecule has 3 unspecified atom stereocenters. The van der Waals surface area contributed by atoms with Crippen LogP contribution in [0.2, 0.25) is 0 Å². The van der Waals surface area contributed by atoms with Gasteiger partial charge in [-0.25, -0.2) is 8.42 Å². The number of ether oxygens (including phenoxy) is 1. The minimum atomic E-state index is -2.98. The van der Waals surface area contributed by atoms with Gasteiger partial charge in [-0.05, 0) is 26.7 Å². The zero-order valence-electron chi connectivity index (χ0n) is 9.32. The van der Waals surface area contributed by atoms with Crippen LogP contribution in [0.1, 0.15) is 33.1 Å². The van der Waals surface area contributed by atoms with Gasteiger partial charge < -0.3 is 4.74 Å². The van der Waals surface area contributed by atoms with E-state index in [1.807, 2.05) is 13.8 Å². The van der Waals surface area contributed by atoms with E-state index in [9.17, 15) is 8.42 Å². The highest BCUT2D eigenvalue weighted by Crippen LogP contribution is 2.32. The normalized spacial score (nSPS) is 45.5. The van der Waals surface area contributed by atoms with Gasteiger partial charge in [0, 0.05) is 6.04 Å². The van der Waals surface area contributed by atoms with Gasteiger partial charge in [0.05, 0.1) is 12.4 Å². The molecule has 0 saturated carbocycles. The Bertz CT molecular complexity index is 341. The Morgan fingerprint density at radius 2 is 2.13 bits per heavy atom. The number of hydrogen-bond acceptors (Lipinski definition) is 4. The molecule has 0 radical (unpaired) electrons. The van der Waals surface area contributed by atoms with Gasteiger partial charge in [-0.3, -0.25) is 5.32 Å². The van der Waals surface area contributed by atoms with Gasteiger partial charge in [0.2, 0.25) is 0 Å². The van der Waals surface area contributed by atoms with Crippen molar-refractivity contribution >= 4 is 9.84 Å². The Hall–Kier alpha value is -0.130. The lowest BCUT2D eigenvalue weighted by atomic mass is 10.1. The quantitative estimate of drug-likeness (QED) is 0.723. The Morgan fingerprint density at radius 1 is 1.40 bits per heavy atom. The summed E-state index contributed by atoms with van der Waals surface area (Å²) in [7, 11) is -2.98. The maximum absolute atomic E-state index is 12.0. The number of sulfone groups is 1. The summed E-state index contributed by atoms with van der Waals surface area (Å²) in [5.74, 6) is 0.312. The van der Waals surface area contributed by atoms with Crippen LogP contribution in [0.5, 0.6) is 0 Å². The van der Waals surface area contributed by atoms with Gasteiger partial charge in [0.1, 0.15) is 11.0 Å². The number of nitrogens with one attached hydrogen (secondary N) is 1. The van der Waals surface area contributed by atoms with Crippen LogP contribution in [-0.4, -0.2) is 37.8 Å². The maximum Gasteiger partial charge on any atom is 0.157 e. The molecule has 3 atom stereocenters. The fraction of sp³-hybridized carbons (Fsp3) is 1.00. The van der Waals surface area contributed by atoms with Gasteiger partial charge >= 0.3 is 0 Å². The molecule has 2 heterocycles. The second-order valence-electron chi connectivity index (χ2n) is 4.81. The first kappa shape index (κ1) is 11.4. The van der Waals surface area contributed by atoms with E-state index in [0.717, 1.165) is 19.3 Å². The van der Waals surface area contributed by atoms with Crippen LogP contribution in [-0.2, 0) is 14.6 Å². The van der Waals surface area contributed by atoms with Crippen LogP contribution in [0.25, 0.3) is 0 Å². The van der Waals surface area contributed by atoms with E-state index in [4.69, 9.17) is 4.74 Å². The molecule has 2 aliphatic heterocycles. The molecule has 2 rings (SSSR count). The topological polar surface area (TPSA) is 55.4 Å². The summed E-state index contributed by atoms with van der Waals surface area (Å²) < 4.78 is 29.6. The number of hydrogen-bond donors (Lipinski definition) is 1. The molecule has 0 aromatic carbocycles. The molecule has 2 aliphatic rings. The molecule has 0 aromatic rings. The van der Waals surface area contributed by atoms with Crippen LogP contribution in [0, 0.1) is 0 Å². The predicted octanol–water partition coefficient (Wildman–Crippen LogP) is 0.678. The highest BCUT2D eigenvalue weighted by atomic mass is 32.2. The third-order valence-electron chi connectivity index (χ3n) is 3.36. The van der Waals surface area contributed by atoms with Crippen molar-refractivity contribution in [2.75, 3.05) is 12.4 Å². The van der Waals surface area contributed by atoms with Gasteiger partial charge in [0.15, 0.2) is 9.84 Å². The Balaban J connectivity index is 2.22. The summed E-state index contributed by atoms with van der Waals surface area (Å²) >= 11 is 0. The van der Waals surface area contributed by atoms with Crippen LogP contribution < -0.4 is 5.32 Å². The third-order valence-corrected chi connectivity index (χ3v) is 5.77. The molecule has 1 N–H and O–H groups in total. The molecule has 0 spiro atoms. The van der Waals surface area contributed by atoms with Crippen molar-refractivity contribution in [3.63, 3.8) is 0 Å². The fourth-order valence-electron chi connectivity index (χ4n) is 2.63. The highest BCUT2D eigenvalue weighted by molar-refractivity contribution is 7.92. The minimum Gasteiger partial charge on any atom is -0.358 e. The molecular weight excluding hydrogens is 214 g/mol. The van der Waals surface area contributed by atoms with Crippen LogP contribution >= 0.6 is 0 Å². The van der Waals surface area contributed by atoms with Crippen LogP contribution in [0.4, 0.5) is 0 Å². The lowest BCUT2D eigenvalue weighted by Crippen LogP contribution is -2.55. The molecule has 4 nitrogen and oxygen atoms in total. The second-order valence-corrected chi connectivity index (χ2v) is 7.12. The summed E-state index contributed by atoms with van der Waals surface area (Å²) in [4.78, 5) is 0. The largest absolute Gasteiger partial charge is 0.358 e. The molecular formula is C10H19NO3S. The van der Waals surface area contributed by atoms with Crippen LogP contribution in [0.15, 0.2) is 0 Å². The smallest absolute Gasteiger partial charge is 0.157 e. The zero-order chi connectivity index (χ0) is 11.1. The predicted molar refractivity (Wildman–Crippen MR) is 58.4 cm³/mol. The average Bonchev–Trinajstić information content (AvgIpc) is 2.46. The molecule has 5 heteroatoms. The monoisotopic (exact) mass is 233 g/mol. The highest BCUT2D eigenvalue weighted by Gasteiger charge is 2.48. The van der Waals surface area contributed by atoms with E-state index in [0.29, 0.717) is 12.4 Å². The molecule has 0 bridgehead atoms. The van der Waals surface area contributed by atoms with Crippen molar-refractivity contribution in [3.05, 3.63) is 0 Å². The molecule has 88 valence electrons. The van der Waals surface area contributed by atoms with E-state index in [1.165, 1.54) is 0 Å². The summed E-state index contributed by atoms with van der Waals surface area (Å²) in [6, 6.07) is 0.243. The molecule has 0 amide bonds. The molecule has 0 aliphatic carbocycles. The van der Waals surface area contributed by atoms with E-state index in [1.54, 1.807) is 0 Å². The standard InChI is InChI=1S/C10H19NO3S/c1-8-7-14-10(2,11-8)9-5-3-4-6-15(9,12)13/h8-9,11H,3-7H2,1-2H3. The Labute approximate surface area is 91.3 Å². The molecule has 0 aromatic heterocycles. The first-order chi connectivity index (χ1) is 6.94. The second kappa shape index (κ2) is 3.71. The average molecular weight is 233 g/mol. The number of rotatable bonds is 1. The van der Waals surface area contributed by atoms with Crippen molar-refractivity contribution < 1.29 is 13.2 Å². The van der Waals surface area contributed by atoms with Gasteiger partial charge in [-0.1, -0.05) is 6.42 Å². The van der Waals surface area contributed by atoms with E-state index in [2.05, 4.69) is 5.32 Å². The van der Waals surface area contributed by atoms with E-state index < -0.39 is 15.6 Å². The van der Waals surface area contributed by atoms with Crippen molar-refractivity contribution in [2.45, 2.75) is 50.1 Å². The third kappa shape index (κ3) is 2.05. The van der Waals surface area contributed by atoms with Crippen molar-refractivity contribution in [3.8, 4) is 0 Å². The maximum atomic E-state index is 12.0. The van der Waals surface area contributed by atoms with Gasteiger partial charge in [0.25, 0.3) is 0 Å². The fourth-order valence-corrected chi connectivity index (χ4v) is 4.87. The first-order valence-corrected chi connectivity index (χ1v) is 7.29. The first-order valence-electron chi connectivity index (χ1n) is 5.57. The molecule has 2 fully saturated rings. The Kier molecular flexibility index (Phi) is 2.81. The van der Waals surface area contributed by atoms with E-state index in [-0.39, 0.29) is 11.3 Å². The van der Waals surface area contributed by atoms with E-state index >= 15 is 0 Å².